The van der Waals surface area contributed by atoms with E-state index in [-0.39, 0.29) is 42.4 Å². The SMILES string of the molecule is Cc1ccc(OC(=O)CCN2C(=O)[C@H]3CCCC[C@H]3C2=O)c2c1CCCC2=O. The highest BCUT2D eigenvalue weighted by Gasteiger charge is 2.47. The molecular weight excluding hydrogens is 358 g/mol. The molecule has 1 aromatic rings. The smallest absolute Gasteiger partial charge is 0.313 e. The Kier molecular flexibility index (Phi) is 5.04. The second-order valence-corrected chi connectivity index (χ2v) is 8.06. The number of nitrogens with zero attached hydrogens (tertiary/aromatic N) is 1. The molecule has 0 bridgehead atoms. The monoisotopic (exact) mass is 383 g/mol. The zero-order valence-electron chi connectivity index (χ0n) is 16.2. The highest BCUT2D eigenvalue weighted by atomic mass is 16.5. The quantitative estimate of drug-likeness (QED) is 0.454. The predicted molar refractivity (Wildman–Crippen MR) is 101 cm³/mol. The minimum Gasteiger partial charge on any atom is -0.426 e. The van der Waals surface area contributed by atoms with E-state index in [4.69, 9.17) is 4.74 Å². The van der Waals surface area contributed by atoms with Crippen LogP contribution in [0.25, 0.3) is 0 Å². The molecule has 1 aliphatic heterocycles. The Labute approximate surface area is 164 Å². The number of carbonyl (C=O) groups excluding carboxylic acids is 4. The number of benzene rings is 1. The van der Waals surface area contributed by atoms with Gasteiger partial charge in [-0.15, -0.1) is 0 Å². The van der Waals surface area contributed by atoms with E-state index in [1.165, 1.54) is 4.90 Å². The first-order valence-corrected chi connectivity index (χ1v) is 10.2. The van der Waals surface area contributed by atoms with Gasteiger partial charge in [-0.05, 0) is 49.8 Å². The van der Waals surface area contributed by atoms with E-state index in [1.54, 1.807) is 6.07 Å². The predicted octanol–water partition coefficient (Wildman–Crippen LogP) is 2.98. The van der Waals surface area contributed by atoms with Crippen LogP contribution < -0.4 is 4.74 Å². The van der Waals surface area contributed by atoms with E-state index < -0.39 is 5.97 Å². The number of aryl methyl sites for hydroxylation is 1. The van der Waals surface area contributed by atoms with Crippen LogP contribution in [0, 0.1) is 18.8 Å². The summed E-state index contributed by atoms with van der Waals surface area (Å²) in [6.07, 6.45) is 5.48. The number of hydrogen-bond acceptors (Lipinski definition) is 5. The van der Waals surface area contributed by atoms with Gasteiger partial charge >= 0.3 is 5.97 Å². The molecule has 28 heavy (non-hydrogen) atoms. The third-order valence-corrected chi connectivity index (χ3v) is 6.31. The summed E-state index contributed by atoms with van der Waals surface area (Å²) in [5.41, 5.74) is 2.49. The number of amides is 2. The molecule has 2 atom stereocenters. The second-order valence-electron chi connectivity index (χ2n) is 8.06. The lowest BCUT2D eigenvalue weighted by Gasteiger charge is -2.20. The molecule has 3 aliphatic rings. The van der Waals surface area contributed by atoms with Crippen molar-refractivity contribution in [3.8, 4) is 5.75 Å². The molecule has 4 rings (SSSR count). The zero-order chi connectivity index (χ0) is 19.8. The first-order chi connectivity index (χ1) is 13.5. The topological polar surface area (TPSA) is 80.8 Å². The third kappa shape index (κ3) is 3.25. The van der Waals surface area contributed by atoms with Crippen molar-refractivity contribution in [1.29, 1.82) is 0 Å². The molecule has 2 aliphatic carbocycles. The normalized spacial score (nSPS) is 24.2. The molecule has 6 heteroatoms. The van der Waals surface area contributed by atoms with Crippen LogP contribution >= 0.6 is 0 Å². The van der Waals surface area contributed by atoms with E-state index in [9.17, 15) is 19.2 Å². The van der Waals surface area contributed by atoms with Crippen LogP contribution in [0.3, 0.4) is 0 Å². The standard InChI is InChI=1S/C22H25NO5/c1-13-9-10-18(20-14(13)7-4-8-17(20)24)28-19(25)11-12-23-21(26)15-5-2-3-6-16(15)22(23)27/h9-10,15-16H,2-8,11-12H2,1H3/t15-,16+. The fraction of sp³-hybridized carbons (Fsp3) is 0.545. The van der Waals surface area contributed by atoms with Crippen molar-refractivity contribution in [3.63, 3.8) is 0 Å². The van der Waals surface area contributed by atoms with Crippen molar-refractivity contribution in [2.45, 2.75) is 58.3 Å². The van der Waals surface area contributed by atoms with Gasteiger partial charge in [-0.2, -0.15) is 0 Å². The molecule has 0 aromatic heterocycles. The fourth-order valence-electron chi connectivity index (χ4n) is 4.82. The Morgan fingerprint density at radius 1 is 1.04 bits per heavy atom. The number of rotatable bonds is 4. The number of likely N-dealkylation sites (tertiary alicyclic amines) is 1. The van der Waals surface area contributed by atoms with Crippen LogP contribution in [-0.2, 0) is 20.8 Å². The van der Waals surface area contributed by atoms with Crippen molar-refractivity contribution in [3.05, 3.63) is 28.8 Å². The van der Waals surface area contributed by atoms with Gasteiger partial charge in [0.05, 0.1) is 23.8 Å². The number of carbonyl (C=O) groups is 4. The second kappa shape index (κ2) is 7.49. The maximum absolute atomic E-state index is 12.5. The lowest BCUT2D eigenvalue weighted by atomic mass is 9.81. The number of esters is 1. The van der Waals surface area contributed by atoms with Gasteiger partial charge in [0.25, 0.3) is 0 Å². The number of imide groups is 1. The lowest BCUT2D eigenvalue weighted by Crippen LogP contribution is -2.33. The van der Waals surface area contributed by atoms with Crippen molar-refractivity contribution in [2.75, 3.05) is 6.54 Å². The van der Waals surface area contributed by atoms with Gasteiger partial charge in [0.1, 0.15) is 5.75 Å². The van der Waals surface area contributed by atoms with Gasteiger partial charge in [0.15, 0.2) is 5.78 Å². The Morgan fingerprint density at radius 3 is 2.39 bits per heavy atom. The maximum Gasteiger partial charge on any atom is 0.313 e. The van der Waals surface area contributed by atoms with E-state index in [1.807, 2.05) is 13.0 Å². The summed E-state index contributed by atoms with van der Waals surface area (Å²) in [6, 6.07) is 3.52. The summed E-state index contributed by atoms with van der Waals surface area (Å²) in [5.74, 6) is -0.946. The van der Waals surface area contributed by atoms with Gasteiger partial charge in [0.2, 0.25) is 11.8 Å². The molecule has 0 N–H and O–H groups in total. The summed E-state index contributed by atoms with van der Waals surface area (Å²) in [4.78, 5) is 51.0. The van der Waals surface area contributed by atoms with Crippen LogP contribution in [0.5, 0.6) is 5.75 Å². The van der Waals surface area contributed by atoms with Gasteiger partial charge < -0.3 is 4.74 Å². The number of hydrogen-bond donors (Lipinski definition) is 0. The molecular formula is C22H25NO5. The fourth-order valence-corrected chi connectivity index (χ4v) is 4.82. The number of fused-ring (bicyclic) bond motifs is 2. The summed E-state index contributed by atoms with van der Waals surface area (Å²) in [6.45, 7) is 2.00. The minimum absolute atomic E-state index is 0.00160. The highest BCUT2D eigenvalue weighted by molar-refractivity contribution is 6.05. The molecule has 1 heterocycles. The Bertz CT molecular complexity index is 835. The van der Waals surface area contributed by atoms with Crippen LogP contribution in [0.4, 0.5) is 0 Å². The lowest BCUT2D eigenvalue weighted by molar-refractivity contribution is -0.141. The number of ketones is 1. The minimum atomic E-state index is -0.528. The van der Waals surface area contributed by atoms with Crippen LogP contribution in [0.15, 0.2) is 12.1 Å². The van der Waals surface area contributed by atoms with Crippen molar-refractivity contribution in [1.82, 2.24) is 4.90 Å². The van der Waals surface area contributed by atoms with Crippen molar-refractivity contribution in [2.24, 2.45) is 11.8 Å². The summed E-state index contributed by atoms with van der Waals surface area (Å²) in [5, 5.41) is 0. The third-order valence-electron chi connectivity index (χ3n) is 6.31. The van der Waals surface area contributed by atoms with E-state index in [2.05, 4.69) is 0 Å². The molecule has 6 nitrogen and oxygen atoms in total. The maximum atomic E-state index is 12.5. The molecule has 148 valence electrons. The summed E-state index contributed by atoms with van der Waals surface area (Å²) >= 11 is 0. The zero-order valence-corrected chi connectivity index (χ0v) is 16.2. The summed E-state index contributed by atoms with van der Waals surface area (Å²) < 4.78 is 5.48. The van der Waals surface area contributed by atoms with Gasteiger partial charge in [-0.25, -0.2) is 0 Å². The van der Waals surface area contributed by atoms with Gasteiger partial charge in [-0.3, -0.25) is 24.1 Å². The van der Waals surface area contributed by atoms with E-state index in [0.29, 0.717) is 17.7 Å². The first-order valence-electron chi connectivity index (χ1n) is 10.2. The van der Waals surface area contributed by atoms with Crippen LogP contribution in [0.2, 0.25) is 0 Å². The molecule has 0 radical (unpaired) electrons. The molecule has 1 saturated heterocycles. The van der Waals surface area contributed by atoms with Crippen molar-refractivity contribution < 1.29 is 23.9 Å². The highest BCUT2D eigenvalue weighted by Crippen LogP contribution is 2.38. The van der Waals surface area contributed by atoms with E-state index >= 15 is 0 Å². The molecule has 2 fully saturated rings. The Balaban J connectivity index is 1.43. The number of ether oxygens (including phenoxy) is 1. The molecule has 0 unspecified atom stereocenters. The van der Waals surface area contributed by atoms with Crippen molar-refractivity contribution >= 4 is 23.6 Å². The molecule has 0 spiro atoms. The molecule has 2 amide bonds. The summed E-state index contributed by atoms with van der Waals surface area (Å²) in [7, 11) is 0. The Morgan fingerprint density at radius 2 is 1.71 bits per heavy atom. The number of Topliss-reactive ketones (excluding diaryl/α,β-unsaturated/α-hetero) is 1. The molecule has 1 saturated carbocycles. The average Bonchev–Trinajstić information content (AvgIpc) is 2.93. The van der Waals surface area contributed by atoms with Gasteiger partial charge in [-0.1, -0.05) is 18.9 Å². The average molecular weight is 383 g/mol. The van der Waals surface area contributed by atoms with Gasteiger partial charge in [0, 0.05) is 13.0 Å². The van der Waals surface area contributed by atoms with E-state index in [0.717, 1.165) is 49.7 Å². The largest absolute Gasteiger partial charge is 0.426 e. The molecule has 1 aromatic carbocycles. The first kappa shape index (κ1) is 18.8. The Hall–Kier alpha value is -2.50. The van der Waals surface area contributed by atoms with Crippen LogP contribution in [-0.4, -0.2) is 35.0 Å². The van der Waals surface area contributed by atoms with Crippen LogP contribution in [0.1, 0.15) is 66.4 Å².